The van der Waals surface area contributed by atoms with E-state index in [1.165, 1.54) is 23.2 Å². The van der Waals surface area contributed by atoms with Crippen molar-refractivity contribution in [3.05, 3.63) is 18.2 Å². The number of piperidine rings is 1. The number of fused-ring (bicyclic) bond motifs is 1. The van der Waals surface area contributed by atoms with Gasteiger partial charge in [-0.1, -0.05) is 19.8 Å². The zero-order valence-corrected chi connectivity index (χ0v) is 17.7. The van der Waals surface area contributed by atoms with Gasteiger partial charge in [0.05, 0.1) is 4.90 Å². The van der Waals surface area contributed by atoms with Crippen molar-refractivity contribution in [2.45, 2.75) is 56.4 Å². The molecule has 3 aliphatic rings. The molecule has 1 N–H and O–H groups in total. The summed E-state index contributed by atoms with van der Waals surface area (Å²) < 4.78 is 38.5. The van der Waals surface area contributed by atoms with E-state index in [0.29, 0.717) is 56.6 Å². The molecule has 1 aromatic carbocycles. The Morgan fingerprint density at radius 1 is 1.03 bits per heavy atom. The molecule has 1 amide bonds. The van der Waals surface area contributed by atoms with E-state index in [2.05, 4.69) is 12.2 Å². The largest absolute Gasteiger partial charge is 0.486 e. The lowest BCUT2D eigenvalue weighted by Gasteiger charge is -2.34. The number of nitrogens with zero attached hydrogens (tertiary/aromatic N) is 1. The maximum Gasteiger partial charge on any atom is 0.243 e. The van der Waals surface area contributed by atoms with E-state index in [9.17, 15) is 13.2 Å². The number of sulfonamides is 1. The lowest BCUT2D eigenvalue weighted by atomic mass is 9.85. The molecule has 7 nitrogen and oxygen atoms in total. The predicted octanol–water partition coefficient (Wildman–Crippen LogP) is 2.55. The second-order valence-corrected chi connectivity index (χ2v) is 10.3. The Kier molecular flexibility index (Phi) is 6.01. The van der Waals surface area contributed by atoms with Gasteiger partial charge in [-0.3, -0.25) is 4.79 Å². The minimum atomic E-state index is -3.61. The zero-order chi connectivity index (χ0) is 20.4. The van der Waals surface area contributed by atoms with Crippen molar-refractivity contribution in [1.29, 1.82) is 0 Å². The molecule has 1 aliphatic carbocycles. The van der Waals surface area contributed by atoms with Gasteiger partial charge in [0.15, 0.2) is 11.5 Å². The number of ether oxygens (including phenoxy) is 2. The first-order valence-electron chi connectivity index (χ1n) is 10.7. The Labute approximate surface area is 172 Å². The number of hydrogen-bond acceptors (Lipinski definition) is 5. The van der Waals surface area contributed by atoms with Gasteiger partial charge < -0.3 is 14.8 Å². The second-order valence-electron chi connectivity index (χ2n) is 8.36. The van der Waals surface area contributed by atoms with Crippen molar-refractivity contribution >= 4 is 15.9 Å². The first-order chi connectivity index (χ1) is 13.9. The number of carbonyl (C=O) groups excluding carboxylic acids is 1. The third-order valence-electron chi connectivity index (χ3n) is 6.42. The van der Waals surface area contributed by atoms with Crippen molar-refractivity contribution in [3.63, 3.8) is 0 Å². The molecule has 29 heavy (non-hydrogen) atoms. The van der Waals surface area contributed by atoms with Crippen LogP contribution in [-0.2, 0) is 14.8 Å². The molecule has 1 aromatic rings. The first kappa shape index (κ1) is 20.5. The minimum Gasteiger partial charge on any atom is -0.486 e. The molecule has 1 saturated heterocycles. The van der Waals surface area contributed by atoms with Crippen LogP contribution in [-0.4, -0.2) is 51.0 Å². The van der Waals surface area contributed by atoms with Gasteiger partial charge in [-0.15, -0.1) is 0 Å². The lowest BCUT2D eigenvalue weighted by Crippen LogP contribution is -2.47. The van der Waals surface area contributed by atoms with Gasteiger partial charge in [0.25, 0.3) is 0 Å². The molecule has 0 radical (unpaired) electrons. The van der Waals surface area contributed by atoms with Crippen molar-refractivity contribution in [1.82, 2.24) is 9.62 Å². The van der Waals surface area contributed by atoms with Crippen LogP contribution >= 0.6 is 0 Å². The summed E-state index contributed by atoms with van der Waals surface area (Å²) in [4.78, 5) is 12.9. The van der Waals surface area contributed by atoms with E-state index >= 15 is 0 Å². The third-order valence-corrected chi connectivity index (χ3v) is 8.31. The van der Waals surface area contributed by atoms with E-state index in [4.69, 9.17) is 9.47 Å². The van der Waals surface area contributed by atoms with E-state index in [1.807, 2.05) is 0 Å². The van der Waals surface area contributed by atoms with Gasteiger partial charge in [0, 0.05) is 31.1 Å². The van der Waals surface area contributed by atoms with Crippen LogP contribution in [0.5, 0.6) is 11.5 Å². The van der Waals surface area contributed by atoms with Crippen molar-refractivity contribution in [3.8, 4) is 11.5 Å². The van der Waals surface area contributed by atoms with E-state index in [0.717, 1.165) is 12.8 Å². The van der Waals surface area contributed by atoms with Gasteiger partial charge in [-0.25, -0.2) is 8.42 Å². The first-order valence-corrected chi connectivity index (χ1v) is 12.1. The molecule has 0 spiro atoms. The Balaban J connectivity index is 1.36. The minimum absolute atomic E-state index is 0.0835. The molecule has 0 unspecified atom stereocenters. The number of amides is 1. The molecule has 2 aliphatic heterocycles. The van der Waals surface area contributed by atoms with Crippen molar-refractivity contribution in [2.24, 2.45) is 11.8 Å². The molecule has 2 heterocycles. The highest BCUT2D eigenvalue weighted by Gasteiger charge is 2.34. The van der Waals surface area contributed by atoms with Crippen LogP contribution in [0.25, 0.3) is 0 Å². The average molecular weight is 423 g/mol. The Morgan fingerprint density at radius 3 is 2.45 bits per heavy atom. The number of rotatable bonds is 4. The summed E-state index contributed by atoms with van der Waals surface area (Å²) in [6.07, 6.45) is 5.72. The SMILES string of the molecule is C[C@@H]1CCCC[C@@H]1NC(=O)C1CCN(S(=O)(=O)c2ccc3c(c2)OCCO3)CC1. The number of hydrogen-bond donors (Lipinski definition) is 1. The Morgan fingerprint density at radius 2 is 1.72 bits per heavy atom. The number of nitrogens with one attached hydrogen (secondary N) is 1. The summed E-state index contributed by atoms with van der Waals surface area (Å²) in [6, 6.07) is 5.00. The van der Waals surface area contributed by atoms with Crippen LogP contribution < -0.4 is 14.8 Å². The van der Waals surface area contributed by atoms with E-state index in [-0.39, 0.29) is 22.8 Å². The van der Waals surface area contributed by atoms with Gasteiger partial charge >= 0.3 is 0 Å². The van der Waals surface area contributed by atoms with Gasteiger partial charge in [-0.2, -0.15) is 4.31 Å². The molecule has 4 rings (SSSR count). The number of carbonyl (C=O) groups is 1. The third kappa shape index (κ3) is 4.38. The molecular formula is C21H30N2O5S. The smallest absolute Gasteiger partial charge is 0.243 e. The van der Waals surface area contributed by atoms with Gasteiger partial charge in [0.1, 0.15) is 13.2 Å². The Hall–Kier alpha value is -1.80. The van der Waals surface area contributed by atoms with Crippen LogP contribution in [0.2, 0.25) is 0 Å². The van der Waals surface area contributed by atoms with Crippen molar-refractivity contribution in [2.75, 3.05) is 26.3 Å². The van der Waals surface area contributed by atoms with Crippen LogP contribution in [0, 0.1) is 11.8 Å². The molecule has 160 valence electrons. The monoisotopic (exact) mass is 422 g/mol. The quantitative estimate of drug-likeness (QED) is 0.806. The second kappa shape index (κ2) is 8.52. The molecule has 2 fully saturated rings. The normalized spacial score (nSPS) is 26.1. The summed E-state index contributed by atoms with van der Waals surface area (Å²) in [5.41, 5.74) is 0. The fraction of sp³-hybridized carbons (Fsp3) is 0.667. The fourth-order valence-corrected chi connectivity index (χ4v) is 6.01. The molecule has 8 heteroatoms. The van der Waals surface area contributed by atoms with Crippen molar-refractivity contribution < 1.29 is 22.7 Å². The maximum atomic E-state index is 13.0. The lowest BCUT2D eigenvalue weighted by molar-refractivity contribution is -0.127. The summed E-state index contributed by atoms with van der Waals surface area (Å²) in [5, 5.41) is 3.22. The molecular weight excluding hydrogens is 392 g/mol. The highest BCUT2D eigenvalue weighted by molar-refractivity contribution is 7.89. The zero-order valence-electron chi connectivity index (χ0n) is 16.9. The van der Waals surface area contributed by atoms with Crippen LogP contribution in [0.3, 0.4) is 0 Å². The summed E-state index contributed by atoms with van der Waals surface area (Å²) >= 11 is 0. The highest BCUT2D eigenvalue weighted by atomic mass is 32.2. The summed E-state index contributed by atoms with van der Waals surface area (Å²) in [5.74, 6) is 1.52. The number of benzene rings is 1. The van der Waals surface area contributed by atoms with E-state index < -0.39 is 10.0 Å². The van der Waals surface area contributed by atoms with Gasteiger partial charge in [-0.05, 0) is 43.7 Å². The molecule has 0 bridgehead atoms. The predicted molar refractivity (Wildman–Crippen MR) is 108 cm³/mol. The average Bonchev–Trinajstić information content (AvgIpc) is 2.75. The standard InChI is InChI=1S/C21H30N2O5S/c1-15-4-2-3-5-18(15)22-21(24)16-8-10-23(11-9-16)29(25,26)17-6-7-19-20(14-17)28-13-12-27-19/h6-7,14-16,18H,2-5,8-13H2,1H3,(H,22,24)/t15-,18+/m1/s1. The summed E-state index contributed by atoms with van der Waals surface area (Å²) in [6.45, 7) is 3.79. The summed E-state index contributed by atoms with van der Waals surface area (Å²) in [7, 11) is -3.61. The maximum absolute atomic E-state index is 13.0. The molecule has 1 saturated carbocycles. The van der Waals surface area contributed by atoms with Crippen LogP contribution in [0.4, 0.5) is 0 Å². The Bertz CT molecular complexity index is 849. The fourth-order valence-electron chi connectivity index (χ4n) is 4.52. The van der Waals surface area contributed by atoms with Crippen LogP contribution in [0.1, 0.15) is 45.4 Å². The van der Waals surface area contributed by atoms with Crippen LogP contribution in [0.15, 0.2) is 23.1 Å². The highest BCUT2D eigenvalue weighted by Crippen LogP contribution is 2.34. The molecule has 0 aromatic heterocycles. The topological polar surface area (TPSA) is 84.9 Å². The van der Waals surface area contributed by atoms with E-state index in [1.54, 1.807) is 12.1 Å². The molecule has 2 atom stereocenters. The van der Waals surface area contributed by atoms with Gasteiger partial charge in [0.2, 0.25) is 15.9 Å².